The largest absolute Gasteiger partial charge is 0.459 e. The molecule has 30 heavy (non-hydrogen) atoms. The molecule has 0 bridgehead atoms. The van der Waals surface area contributed by atoms with Gasteiger partial charge in [-0.3, -0.25) is 4.79 Å². The zero-order valence-electron chi connectivity index (χ0n) is 17.0. The van der Waals surface area contributed by atoms with Crippen LogP contribution in [0.1, 0.15) is 48.3 Å². The van der Waals surface area contributed by atoms with Crippen molar-refractivity contribution in [3.8, 4) is 22.6 Å². The van der Waals surface area contributed by atoms with Crippen LogP contribution in [-0.4, -0.2) is 21.0 Å². The first-order chi connectivity index (χ1) is 14.5. The van der Waals surface area contributed by atoms with Gasteiger partial charge in [-0.25, -0.2) is 4.98 Å². The highest BCUT2D eigenvalue weighted by molar-refractivity contribution is 7.09. The number of aryl methyl sites for hydroxylation is 1. The van der Waals surface area contributed by atoms with Crippen molar-refractivity contribution < 1.29 is 13.7 Å². The smallest absolute Gasteiger partial charge is 0.287 e. The summed E-state index contributed by atoms with van der Waals surface area (Å²) in [5.74, 6) is 0.785. The number of hydrogen-bond donors (Lipinski definition) is 1. The summed E-state index contributed by atoms with van der Waals surface area (Å²) in [7, 11) is 0. The van der Waals surface area contributed by atoms with Crippen LogP contribution < -0.4 is 5.32 Å². The molecule has 1 N–H and O–H groups in total. The monoisotopic (exact) mass is 422 g/mol. The standard InChI is InChI=1S/C22H22N4O3S/c1-4-18-23-16(12-30-18)14-7-5-8-15(11-14)20-25-22(29-26-20)19(13(2)3)24-21(27)17-9-6-10-28-17/h5-13,19H,4H2,1-3H3,(H,24,27)/t19-/m0/s1. The summed E-state index contributed by atoms with van der Waals surface area (Å²) in [6.07, 6.45) is 2.38. The fraction of sp³-hybridized carbons (Fsp3) is 0.273. The molecular formula is C22H22N4O3S. The predicted molar refractivity (Wildman–Crippen MR) is 114 cm³/mol. The summed E-state index contributed by atoms with van der Waals surface area (Å²) in [6, 6.07) is 10.7. The lowest BCUT2D eigenvalue weighted by Gasteiger charge is -2.17. The normalized spacial score (nSPS) is 12.3. The Hall–Kier alpha value is -3.26. The van der Waals surface area contributed by atoms with Crippen molar-refractivity contribution in [2.75, 3.05) is 0 Å². The Morgan fingerprint density at radius 2 is 2.00 bits per heavy atom. The minimum atomic E-state index is -0.433. The molecule has 0 radical (unpaired) electrons. The number of carbonyl (C=O) groups is 1. The van der Waals surface area contributed by atoms with E-state index in [2.05, 4.69) is 32.7 Å². The van der Waals surface area contributed by atoms with E-state index in [1.165, 1.54) is 6.26 Å². The molecule has 154 valence electrons. The van der Waals surface area contributed by atoms with Gasteiger partial charge in [0.1, 0.15) is 6.04 Å². The molecule has 1 atom stereocenters. The molecule has 0 spiro atoms. The highest BCUT2D eigenvalue weighted by Crippen LogP contribution is 2.28. The number of nitrogens with one attached hydrogen (secondary N) is 1. The van der Waals surface area contributed by atoms with Gasteiger partial charge in [0, 0.05) is 16.5 Å². The minimum absolute atomic E-state index is 0.0472. The van der Waals surface area contributed by atoms with Crippen LogP contribution in [-0.2, 0) is 6.42 Å². The van der Waals surface area contributed by atoms with Gasteiger partial charge < -0.3 is 14.3 Å². The van der Waals surface area contributed by atoms with Crippen LogP contribution in [0.25, 0.3) is 22.6 Å². The van der Waals surface area contributed by atoms with Gasteiger partial charge >= 0.3 is 0 Å². The summed E-state index contributed by atoms with van der Waals surface area (Å²) in [5, 5.41) is 10.2. The zero-order valence-corrected chi connectivity index (χ0v) is 17.8. The van der Waals surface area contributed by atoms with Gasteiger partial charge in [0.05, 0.1) is 17.0 Å². The first kappa shape index (κ1) is 20.0. The van der Waals surface area contributed by atoms with E-state index in [1.807, 2.05) is 38.1 Å². The molecule has 1 aromatic carbocycles. The van der Waals surface area contributed by atoms with Crippen molar-refractivity contribution in [3.05, 3.63) is 64.7 Å². The lowest BCUT2D eigenvalue weighted by molar-refractivity contribution is 0.0885. The maximum absolute atomic E-state index is 12.4. The molecule has 4 aromatic rings. The Balaban J connectivity index is 1.58. The fourth-order valence-electron chi connectivity index (χ4n) is 3.04. The van der Waals surface area contributed by atoms with Crippen LogP contribution in [0.3, 0.4) is 0 Å². The fourth-order valence-corrected chi connectivity index (χ4v) is 3.79. The minimum Gasteiger partial charge on any atom is -0.459 e. The zero-order chi connectivity index (χ0) is 21.1. The topological polar surface area (TPSA) is 94.1 Å². The number of benzene rings is 1. The summed E-state index contributed by atoms with van der Waals surface area (Å²) in [6.45, 7) is 6.05. The Labute approximate surface area is 178 Å². The van der Waals surface area contributed by atoms with E-state index in [1.54, 1.807) is 23.5 Å². The molecule has 3 heterocycles. The van der Waals surface area contributed by atoms with Gasteiger partial charge in [-0.15, -0.1) is 11.3 Å². The highest BCUT2D eigenvalue weighted by atomic mass is 32.1. The van der Waals surface area contributed by atoms with Crippen LogP contribution >= 0.6 is 11.3 Å². The number of furan rings is 1. The van der Waals surface area contributed by atoms with Crippen LogP contribution in [0, 0.1) is 5.92 Å². The average molecular weight is 423 g/mol. The van der Waals surface area contributed by atoms with Crippen LogP contribution in [0.15, 0.2) is 57.0 Å². The van der Waals surface area contributed by atoms with E-state index in [-0.39, 0.29) is 17.6 Å². The lowest BCUT2D eigenvalue weighted by Crippen LogP contribution is -2.31. The molecule has 0 saturated heterocycles. The predicted octanol–water partition coefficient (Wildman–Crippen LogP) is 5.14. The van der Waals surface area contributed by atoms with Crippen molar-refractivity contribution in [2.24, 2.45) is 5.92 Å². The first-order valence-electron chi connectivity index (χ1n) is 9.78. The molecule has 7 nitrogen and oxygen atoms in total. The number of carbonyl (C=O) groups excluding carboxylic acids is 1. The van der Waals surface area contributed by atoms with Gasteiger partial charge in [0.15, 0.2) is 5.76 Å². The SMILES string of the molecule is CCc1nc(-c2cccc(-c3noc([C@@H](NC(=O)c4ccco4)C(C)C)n3)c2)cs1. The van der Waals surface area contributed by atoms with Crippen LogP contribution in [0.2, 0.25) is 0 Å². The van der Waals surface area contributed by atoms with E-state index < -0.39 is 6.04 Å². The van der Waals surface area contributed by atoms with Crippen molar-refractivity contribution in [2.45, 2.75) is 33.2 Å². The van der Waals surface area contributed by atoms with Crippen molar-refractivity contribution in [1.29, 1.82) is 0 Å². The average Bonchev–Trinajstić information content (AvgIpc) is 3.53. The van der Waals surface area contributed by atoms with E-state index >= 15 is 0 Å². The Morgan fingerprint density at radius 1 is 1.17 bits per heavy atom. The lowest BCUT2D eigenvalue weighted by atomic mass is 10.0. The van der Waals surface area contributed by atoms with Gasteiger partial charge in [-0.1, -0.05) is 44.1 Å². The third-order valence-electron chi connectivity index (χ3n) is 4.68. The van der Waals surface area contributed by atoms with E-state index in [0.717, 1.165) is 28.2 Å². The molecule has 0 aliphatic carbocycles. The number of rotatable bonds is 7. The number of aromatic nitrogens is 3. The second-order valence-electron chi connectivity index (χ2n) is 7.19. The van der Waals surface area contributed by atoms with Gasteiger partial charge in [-0.2, -0.15) is 4.98 Å². The van der Waals surface area contributed by atoms with E-state index in [4.69, 9.17) is 8.94 Å². The molecule has 0 aliphatic heterocycles. The number of thiazole rings is 1. The molecule has 8 heteroatoms. The molecule has 0 fully saturated rings. The molecule has 1 amide bonds. The van der Waals surface area contributed by atoms with Gasteiger partial charge in [0.25, 0.3) is 5.91 Å². The van der Waals surface area contributed by atoms with Gasteiger partial charge in [-0.05, 0) is 30.5 Å². The molecular weight excluding hydrogens is 400 g/mol. The number of nitrogens with zero attached hydrogens (tertiary/aromatic N) is 3. The highest BCUT2D eigenvalue weighted by Gasteiger charge is 2.26. The molecule has 4 rings (SSSR count). The van der Waals surface area contributed by atoms with Crippen LogP contribution in [0.5, 0.6) is 0 Å². The Kier molecular flexibility index (Phi) is 5.76. The maximum Gasteiger partial charge on any atom is 0.287 e. The van der Waals surface area contributed by atoms with Gasteiger partial charge in [0.2, 0.25) is 11.7 Å². The van der Waals surface area contributed by atoms with E-state index in [9.17, 15) is 4.79 Å². The second kappa shape index (κ2) is 8.62. The summed E-state index contributed by atoms with van der Waals surface area (Å²) >= 11 is 1.65. The molecule has 3 aromatic heterocycles. The van der Waals surface area contributed by atoms with Crippen LogP contribution in [0.4, 0.5) is 0 Å². The summed E-state index contributed by atoms with van der Waals surface area (Å²) in [4.78, 5) is 21.6. The maximum atomic E-state index is 12.4. The third kappa shape index (κ3) is 4.18. The second-order valence-corrected chi connectivity index (χ2v) is 8.13. The van der Waals surface area contributed by atoms with E-state index in [0.29, 0.717) is 11.7 Å². The van der Waals surface area contributed by atoms with Crippen molar-refractivity contribution >= 4 is 17.2 Å². The molecule has 0 unspecified atom stereocenters. The van der Waals surface area contributed by atoms with Crippen molar-refractivity contribution in [3.63, 3.8) is 0 Å². The molecule has 0 aliphatic rings. The number of amides is 1. The third-order valence-corrected chi connectivity index (χ3v) is 5.67. The Bertz CT molecular complexity index is 1130. The van der Waals surface area contributed by atoms with Crippen molar-refractivity contribution in [1.82, 2.24) is 20.4 Å². The quantitative estimate of drug-likeness (QED) is 0.443. The Morgan fingerprint density at radius 3 is 2.70 bits per heavy atom. The summed E-state index contributed by atoms with van der Waals surface area (Å²) < 4.78 is 10.7. The first-order valence-corrected chi connectivity index (χ1v) is 10.7. The molecule has 0 saturated carbocycles. The number of hydrogen-bond acceptors (Lipinski definition) is 7. The summed E-state index contributed by atoms with van der Waals surface area (Å²) in [5.41, 5.74) is 2.77.